The molecule has 16 heavy (non-hydrogen) atoms. The topological polar surface area (TPSA) is 57.6 Å². The normalized spacial score (nSPS) is 11.2. The molecule has 1 amide bonds. The van der Waals surface area contributed by atoms with Gasteiger partial charge in [0.2, 0.25) is 5.91 Å². The molecule has 0 heterocycles. The van der Waals surface area contributed by atoms with Crippen molar-refractivity contribution in [2.75, 3.05) is 18.8 Å². The Kier molecular flexibility index (Phi) is 6.48. The Morgan fingerprint density at radius 1 is 1.31 bits per heavy atom. The van der Waals surface area contributed by atoms with E-state index in [9.17, 15) is 9.59 Å². The molecule has 5 heteroatoms. The molecule has 0 aliphatic rings. The molecule has 0 aliphatic heterocycles. The van der Waals surface area contributed by atoms with Crippen molar-refractivity contribution in [3.8, 4) is 0 Å². The zero-order valence-electron chi connectivity index (χ0n) is 10.4. The highest BCUT2D eigenvalue weighted by atomic mass is 32.2. The Balaban J connectivity index is 4.06. The Labute approximate surface area is 101 Å². The molecule has 0 radical (unpaired) electrons. The number of hydrogen-bond donors (Lipinski definition) is 1. The lowest BCUT2D eigenvalue weighted by molar-refractivity contribution is -0.138. The highest BCUT2D eigenvalue weighted by Crippen LogP contribution is 2.23. The molecule has 0 rings (SSSR count). The number of nitrogens with zero attached hydrogens (tertiary/aromatic N) is 1. The SMILES string of the molecule is CCN(CCC(=O)O)C(=O)CSC(C)(C)C. The molecular formula is C11H21NO3S. The lowest BCUT2D eigenvalue weighted by Gasteiger charge is -2.23. The quantitative estimate of drug-likeness (QED) is 0.778. The van der Waals surface area contributed by atoms with Crippen molar-refractivity contribution < 1.29 is 14.7 Å². The third kappa shape index (κ3) is 7.56. The van der Waals surface area contributed by atoms with Gasteiger partial charge in [0.05, 0.1) is 12.2 Å². The third-order valence-electron chi connectivity index (χ3n) is 1.96. The smallest absolute Gasteiger partial charge is 0.305 e. The molecule has 0 bridgehead atoms. The van der Waals surface area contributed by atoms with E-state index in [4.69, 9.17) is 5.11 Å². The van der Waals surface area contributed by atoms with Crippen LogP contribution in [0.4, 0.5) is 0 Å². The Morgan fingerprint density at radius 2 is 1.88 bits per heavy atom. The van der Waals surface area contributed by atoms with E-state index in [0.29, 0.717) is 18.8 Å². The molecule has 1 N–H and O–H groups in total. The van der Waals surface area contributed by atoms with Gasteiger partial charge in [-0.2, -0.15) is 0 Å². The van der Waals surface area contributed by atoms with Gasteiger partial charge in [-0.05, 0) is 6.92 Å². The van der Waals surface area contributed by atoms with E-state index in [1.807, 2.05) is 6.92 Å². The van der Waals surface area contributed by atoms with E-state index in [1.54, 1.807) is 16.7 Å². The summed E-state index contributed by atoms with van der Waals surface area (Å²) in [5.41, 5.74) is 0. The summed E-state index contributed by atoms with van der Waals surface area (Å²) in [5.74, 6) is -0.435. The fourth-order valence-corrected chi connectivity index (χ4v) is 1.80. The molecular weight excluding hydrogens is 226 g/mol. The van der Waals surface area contributed by atoms with Gasteiger partial charge in [0, 0.05) is 17.8 Å². The zero-order chi connectivity index (χ0) is 12.8. The minimum absolute atomic E-state index is 0.0137. The molecule has 0 unspecified atom stereocenters. The van der Waals surface area contributed by atoms with Crippen LogP contribution in [0.2, 0.25) is 0 Å². The monoisotopic (exact) mass is 247 g/mol. The average molecular weight is 247 g/mol. The lowest BCUT2D eigenvalue weighted by atomic mass is 10.3. The largest absolute Gasteiger partial charge is 0.481 e. The second kappa shape index (κ2) is 6.78. The van der Waals surface area contributed by atoms with Gasteiger partial charge in [0.1, 0.15) is 0 Å². The fraction of sp³-hybridized carbons (Fsp3) is 0.818. The summed E-state index contributed by atoms with van der Waals surface area (Å²) in [6, 6.07) is 0. The van der Waals surface area contributed by atoms with Crippen molar-refractivity contribution in [3.05, 3.63) is 0 Å². The fourth-order valence-electron chi connectivity index (χ4n) is 1.06. The van der Waals surface area contributed by atoms with Crippen LogP contribution in [0.5, 0.6) is 0 Å². The number of rotatable bonds is 6. The number of amides is 1. The maximum Gasteiger partial charge on any atom is 0.305 e. The number of thioether (sulfide) groups is 1. The summed E-state index contributed by atoms with van der Waals surface area (Å²) < 4.78 is 0.0574. The highest BCUT2D eigenvalue weighted by molar-refractivity contribution is 8.01. The molecule has 0 atom stereocenters. The first-order valence-electron chi connectivity index (χ1n) is 5.39. The van der Waals surface area contributed by atoms with E-state index in [0.717, 1.165) is 0 Å². The first-order chi connectivity index (χ1) is 7.26. The predicted octanol–water partition coefficient (Wildman–Crippen LogP) is 1.84. The molecule has 4 nitrogen and oxygen atoms in total. The lowest BCUT2D eigenvalue weighted by Crippen LogP contribution is -2.35. The average Bonchev–Trinajstić information content (AvgIpc) is 2.14. The van der Waals surface area contributed by atoms with Crippen molar-refractivity contribution in [2.24, 2.45) is 0 Å². The molecule has 94 valence electrons. The highest BCUT2D eigenvalue weighted by Gasteiger charge is 2.17. The van der Waals surface area contributed by atoms with Gasteiger partial charge in [-0.25, -0.2) is 0 Å². The molecule has 0 saturated heterocycles. The van der Waals surface area contributed by atoms with Crippen molar-refractivity contribution >= 4 is 23.6 Å². The number of carbonyl (C=O) groups excluding carboxylic acids is 1. The number of hydrogen-bond acceptors (Lipinski definition) is 3. The van der Waals surface area contributed by atoms with Gasteiger partial charge in [0.25, 0.3) is 0 Å². The third-order valence-corrected chi connectivity index (χ3v) is 3.22. The summed E-state index contributed by atoms with van der Waals surface area (Å²) in [4.78, 5) is 23.8. The zero-order valence-corrected chi connectivity index (χ0v) is 11.3. The first-order valence-corrected chi connectivity index (χ1v) is 6.38. The van der Waals surface area contributed by atoms with Crippen LogP contribution >= 0.6 is 11.8 Å². The predicted molar refractivity (Wildman–Crippen MR) is 66.7 cm³/mol. The van der Waals surface area contributed by atoms with E-state index < -0.39 is 5.97 Å². The molecule has 0 saturated carbocycles. The summed E-state index contributed by atoms with van der Waals surface area (Å²) in [7, 11) is 0. The minimum Gasteiger partial charge on any atom is -0.481 e. The van der Waals surface area contributed by atoms with Crippen molar-refractivity contribution in [1.82, 2.24) is 4.90 Å². The van der Waals surface area contributed by atoms with Crippen molar-refractivity contribution in [1.29, 1.82) is 0 Å². The second-order valence-corrected chi connectivity index (χ2v) is 6.32. The van der Waals surface area contributed by atoms with E-state index in [2.05, 4.69) is 20.8 Å². The van der Waals surface area contributed by atoms with Crippen LogP contribution in [0, 0.1) is 0 Å². The maximum atomic E-state index is 11.7. The van der Waals surface area contributed by atoms with Crippen LogP contribution in [-0.4, -0.2) is 45.5 Å². The molecule has 0 spiro atoms. The summed E-state index contributed by atoms with van der Waals surface area (Å²) >= 11 is 1.58. The Bertz CT molecular complexity index is 248. The van der Waals surface area contributed by atoms with Crippen LogP contribution in [-0.2, 0) is 9.59 Å². The maximum absolute atomic E-state index is 11.7. The second-order valence-electron chi connectivity index (χ2n) is 4.52. The van der Waals surface area contributed by atoms with Gasteiger partial charge in [0.15, 0.2) is 0 Å². The van der Waals surface area contributed by atoms with Crippen LogP contribution in [0.1, 0.15) is 34.1 Å². The van der Waals surface area contributed by atoms with E-state index in [1.165, 1.54) is 0 Å². The summed E-state index contributed by atoms with van der Waals surface area (Å²) in [6.07, 6.45) is 0.0137. The Hall–Kier alpha value is -0.710. The van der Waals surface area contributed by atoms with Crippen molar-refractivity contribution in [3.63, 3.8) is 0 Å². The van der Waals surface area contributed by atoms with E-state index >= 15 is 0 Å². The van der Waals surface area contributed by atoms with Crippen LogP contribution in [0.25, 0.3) is 0 Å². The Morgan fingerprint density at radius 3 is 2.25 bits per heavy atom. The molecule has 0 aromatic rings. The minimum atomic E-state index is -0.866. The van der Waals surface area contributed by atoms with Crippen LogP contribution < -0.4 is 0 Å². The first kappa shape index (κ1) is 15.3. The van der Waals surface area contributed by atoms with Crippen molar-refractivity contribution in [2.45, 2.75) is 38.9 Å². The number of carbonyl (C=O) groups is 2. The molecule has 0 aromatic carbocycles. The number of carboxylic acid groups (broad SMARTS) is 1. The van der Waals surface area contributed by atoms with Gasteiger partial charge in [-0.15, -0.1) is 11.8 Å². The van der Waals surface area contributed by atoms with Gasteiger partial charge >= 0.3 is 5.97 Å². The summed E-state index contributed by atoms with van der Waals surface area (Å²) in [6.45, 7) is 8.89. The number of aliphatic carboxylic acids is 1. The summed E-state index contributed by atoms with van der Waals surface area (Å²) in [5, 5.41) is 8.56. The number of carboxylic acids is 1. The standard InChI is InChI=1S/C11H21NO3S/c1-5-12(7-6-10(14)15)9(13)8-16-11(2,3)4/h5-8H2,1-4H3,(H,14,15). The van der Waals surface area contributed by atoms with Gasteiger partial charge in [-0.1, -0.05) is 20.8 Å². The van der Waals surface area contributed by atoms with Gasteiger partial charge in [-0.3, -0.25) is 9.59 Å². The van der Waals surface area contributed by atoms with E-state index in [-0.39, 0.29) is 17.1 Å². The molecule has 0 aromatic heterocycles. The van der Waals surface area contributed by atoms with Gasteiger partial charge < -0.3 is 10.0 Å². The van der Waals surface area contributed by atoms with Crippen LogP contribution in [0.3, 0.4) is 0 Å². The molecule has 0 fully saturated rings. The van der Waals surface area contributed by atoms with Crippen LogP contribution in [0.15, 0.2) is 0 Å². The molecule has 0 aliphatic carbocycles.